The number of nitrogens with zero attached hydrogens (tertiary/aromatic N) is 4. The summed E-state index contributed by atoms with van der Waals surface area (Å²) in [6.45, 7) is 0.289. The topological polar surface area (TPSA) is 95.5 Å². The van der Waals surface area contributed by atoms with Gasteiger partial charge < -0.3 is 15.2 Å². The second-order valence-electron chi connectivity index (χ2n) is 7.97. The molecular formula is C25H17F2N5O2. The van der Waals surface area contributed by atoms with Gasteiger partial charge in [0.05, 0.1) is 18.4 Å². The van der Waals surface area contributed by atoms with Gasteiger partial charge in [-0.25, -0.2) is 9.97 Å². The van der Waals surface area contributed by atoms with Crippen molar-refractivity contribution < 1.29 is 18.3 Å². The van der Waals surface area contributed by atoms with E-state index in [1.54, 1.807) is 54.9 Å². The lowest BCUT2D eigenvalue weighted by Gasteiger charge is -2.40. The fraction of sp³-hybridized carbons (Fsp3) is 0.120. The number of benzene rings is 1. The molecule has 6 rings (SSSR count). The highest BCUT2D eigenvalue weighted by molar-refractivity contribution is 5.84. The van der Waals surface area contributed by atoms with Crippen LogP contribution in [0.4, 0.5) is 8.78 Å². The van der Waals surface area contributed by atoms with Gasteiger partial charge in [0.15, 0.2) is 11.4 Å². The van der Waals surface area contributed by atoms with Crippen LogP contribution >= 0.6 is 0 Å². The molecule has 2 N–H and O–H groups in total. The molecule has 3 aromatic heterocycles. The molecule has 2 atom stereocenters. The monoisotopic (exact) mass is 457 g/mol. The molecule has 1 spiro atoms. The van der Waals surface area contributed by atoms with Crippen molar-refractivity contribution in [1.82, 2.24) is 15.0 Å². The van der Waals surface area contributed by atoms with Gasteiger partial charge in [-0.3, -0.25) is 9.98 Å². The number of hydrogen-bond acceptors (Lipinski definition) is 7. The fourth-order valence-electron chi connectivity index (χ4n) is 4.33. The molecule has 1 aromatic carbocycles. The number of nitrogens with two attached hydrogens (primary N) is 1. The third kappa shape index (κ3) is 3.25. The van der Waals surface area contributed by atoms with Crippen molar-refractivity contribution in [1.29, 1.82) is 0 Å². The minimum absolute atomic E-state index is 0.289. The minimum Gasteiger partial charge on any atom is -0.455 e. The third-order valence-corrected chi connectivity index (χ3v) is 5.86. The Kier molecular flexibility index (Phi) is 4.68. The number of rotatable bonds is 2. The van der Waals surface area contributed by atoms with Crippen molar-refractivity contribution in [2.24, 2.45) is 10.7 Å². The first-order chi connectivity index (χ1) is 16.5. The normalized spacial score (nSPS) is 20.5. The van der Waals surface area contributed by atoms with Crippen LogP contribution in [-0.2, 0) is 10.3 Å². The summed E-state index contributed by atoms with van der Waals surface area (Å²) in [7, 11) is 0. The van der Waals surface area contributed by atoms with Gasteiger partial charge in [-0.15, -0.1) is 0 Å². The van der Waals surface area contributed by atoms with Gasteiger partial charge >= 0.3 is 0 Å². The van der Waals surface area contributed by atoms with Gasteiger partial charge in [-0.2, -0.15) is 8.78 Å². The first-order valence-corrected chi connectivity index (χ1v) is 10.5. The van der Waals surface area contributed by atoms with Crippen molar-refractivity contribution >= 4 is 6.21 Å². The van der Waals surface area contributed by atoms with E-state index in [9.17, 15) is 8.78 Å². The van der Waals surface area contributed by atoms with E-state index in [0.29, 0.717) is 45.0 Å². The van der Waals surface area contributed by atoms with Crippen LogP contribution in [0.25, 0.3) is 22.4 Å². The smallest absolute Gasteiger partial charge is 0.220 e. The molecule has 0 saturated heterocycles. The van der Waals surface area contributed by atoms with Crippen LogP contribution in [0.2, 0.25) is 0 Å². The van der Waals surface area contributed by atoms with E-state index in [-0.39, 0.29) is 6.54 Å². The fourth-order valence-corrected chi connectivity index (χ4v) is 4.33. The number of hydrogen-bond donors (Lipinski definition) is 1. The van der Waals surface area contributed by atoms with Crippen LogP contribution in [0.5, 0.6) is 11.5 Å². The number of ether oxygens (including phenoxy) is 2. The van der Waals surface area contributed by atoms with Crippen molar-refractivity contribution in [3.8, 4) is 33.9 Å². The molecule has 7 nitrogen and oxygen atoms in total. The number of aliphatic imine (C=N–C) groups is 1. The molecule has 0 saturated carbocycles. The summed E-state index contributed by atoms with van der Waals surface area (Å²) in [4.78, 5) is 16.3. The van der Waals surface area contributed by atoms with E-state index in [1.807, 2.05) is 0 Å². The van der Waals surface area contributed by atoms with Crippen molar-refractivity contribution in [2.75, 3.05) is 6.54 Å². The zero-order chi connectivity index (χ0) is 23.3. The van der Waals surface area contributed by atoms with Crippen molar-refractivity contribution in [3.05, 3.63) is 90.1 Å². The van der Waals surface area contributed by atoms with Crippen LogP contribution in [0.15, 0.2) is 72.1 Å². The van der Waals surface area contributed by atoms with Crippen molar-refractivity contribution in [2.45, 2.75) is 11.8 Å². The van der Waals surface area contributed by atoms with Gasteiger partial charge in [-0.1, -0.05) is 6.07 Å². The Morgan fingerprint density at radius 2 is 1.79 bits per heavy atom. The first kappa shape index (κ1) is 20.5. The van der Waals surface area contributed by atoms with Gasteiger partial charge in [-0.05, 0) is 42.0 Å². The molecule has 0 bridgehead atoms. The van der Waals surface area contributed by atoms with E-state index in [1.165, 1.54) is 18.5 Å². The van der Waals surface area contributed by atoms with Crippen LogP contribution in [0.1, 0.15) is 11.1 Å². The molecule has 2 aliphatic rings. The summed E-state index contributed by atoms with van der Waals surface area (Å²) < 4.78 is 40.7. The largest absolute Gasteiger partial charge is 0.455 e. The Labute approximate surface area is 193 Å². The molecule has 0 amide bonds. The number of fused-ring (bicyclic) bond motifs is 4. The quantitative estimate of drug-likeness (QED) is 0.453. The standard InChI is InChI=1S/C25H17F2N5O2/c26-22-9-15(5-7-30-22)19-10-18-21(11-32-19)33-20-4-3-14(16-2-1-6-31-24(16)27)8-17(20)25(18)13-29-12-23(28)34-25/h1-11,13,23H,12,28H2/t23?,25-/m0/s1. The zero-order valence-electron chi connectivity index (χ0n) is 17.7. The average Bonchev–Trinajstić information content (AvgIpc) is 2.84. The Balaban J connectivity index is 1.57. The van der Waals surface area contributed by atoms with Gasteiger partial charge in [0.1, 0.15) is 12.0 Å². The summed E-state index contributed by atoms with van der Waals surface area (Å²) in [5.41, 5.74) is 8.15. The summed E-state index contributed by atoms with van der Waals surface area (Å²) in [6.07, 6.45) is 5.31. The molecule has 5 heterocycles. The Morgan fingerprint density at radius 3 is 2.62 bits per heavy atom. The molecule has 168 valence electrons. The predicted octanol–water partition coefficient (Wildman–Crippen LogP) is 4.22. The van der Waals surface area contributed by atoms with E-state index >= 15 is 0 Å². The Hall–Kier alpha value is -4.08. The van der Waals surface area contributed by atoms with Gasteiger partial charge in [0.25, 0.3) is 0 Å². The summed E-state index contributed by atoms with van der Waals surface area (Å²) in [5.74, 6) is -0.249. The van der Waals surface area contributed by atoms with Crippen LogP contribution in [0.3, 0.4) is 0 Å². The lowest BCUT2D eigenvalue weighted by Crippen LogP contribution is -2.46. The molecule has 34 heavy (non-hydrogen) atoms. The Morgan fingerprint density at radius 1 is 0.912 bits per heavy atom. The highest BCUT2D eigenvalue weighted by atomic mass is 19.1. The number of pyridine rings is 3. The predicted molar refractivity (Wildman–Crippen MR) is 120 cm³/mol. The van der Waals surface area contributed by atoms with E-state index in [4.69, 9.17) is 15.2 Å². The second-order valence-corrected chi connectivity index (χ2v) is 7.97. The first-order valence-electron chi connectivity index (χ1n) is 10.5. The second kappa shape index (κ2) is 7.75. The molecule has 0 radical (unpaired) electrons. The molecule has 0 aliphatic carbocycles. The van der Waals surface area contributed by atoms with Gasteiger partial charge in [0.2, 0.25) is 11.9 Å². The number of halogens is 2. The maximum atomic E-state index is 14.5. The molecule has 2 aliphatic heterocycles. The summed E-state index contributed by atoms with van der Waals surface area (Å²) >= 11 is 0. The van der Waals surface area contributed by atoms with Crippen molar-refractivity contribution in [3.63, 3.8) is 0 Å². The van der Waals surface area contributed by atoms with Crippen LogP contribution in [0, 0.1) is 11.9 Å². The maximum absolute atomic E-state index is 14.5. The lowest BCUT2D eigenvalue weighted by molar-refractivity contribution is -0.0313. The number of aromatic nitrogens is 3. The third-order valence-electron chi connectivity index (χ3n) is 5.86. The highest BCUT2D eigenvalue weighted by Crippen LogP contribution is 2.50. The highest BCUT2D eigenvalue weighted by Gasteiger charge is 2.46. The minimum atomic E-state index is -1.21. The maximum Gasteiger partial charge on any atom is 0.220 e. The molecule has 9 heteroatoms. The molecule has 1 unspecified atom stereocenters. The SMILES string of the molecule is NC1CN=C[C@]2(O1)c1cc(-c3cccnc3F)ccc1Oc1cnc(-c3ccnc(F)c3)cc12. The van der Waals surface area contributed by atoms with E-state index in [0.717, 1.165) is 0 Å². The van der Waals surface area contributed by atoms with Crippen LogP contribution in [-0.4, -0.2) is 33.9 Å². The molecular weight excluding hydrogens is 440 g/mol. The van der Waals surface area contributed by atoms with Gasteiger partial charge in [0, 0.05) is 46.9 Å². The molecule has 0 fully saturated rings. The zero-order valence-corrected chi connectivity index (χ0v) is 17.7. The summed E-state index contributed by atoms with van der Waals surface area (Å²) in [6, 6.07) is 13.3. The lowest BCUT2D eigenvalue weighted by atomic mass is 9.82. The van der Waals surface area contributed by atoms with E-state index in [2.05, 4.69) is 19.9 Å². The van der Waals surface area contributed by atoms with Crippen LogP contribution < -0.4 is 10.5 Å². The average molecular weight is 457 g/mol. The summed E-state index contributed by atoms with van der Waals surface area (Å²) in [5, 5.41) is 0. The Bertz CT molecular complexity index is 1460. The van der Waals surface area contributed by atoms with E-state index < -0.39 is 23.7 Å². The molecule has 4 aromatic rings.